The molecule has 3 heteroatoms. The van der Waals surface area contributed by atoms with Gasteiger partial charge >= 0.3 is 0 Å². The first kappa shape index (κ1) is 13.9. The van der Waals surface area contributed by atoms with Crippen LogP contribution in [0, 0.1) is 11.7 Å². The number of nitrogens with two attached hydrogens (primary N) is 1. The average molecular weight is 267 g/mol. The molecule has 18 heavy (non-hydrogen) atoms. The second-order valence-corrected chi connectivity index (χ2v) is 6.79. The van der Waals surface area contributed by atoms with Crippen LogP contribution in [-0.4, -0.2) is 5.25 Å². The molecule has 0 radical (unpaired) electrons. The van der Waals surface area contributed by atoms with E-state index >= 15 is 0 Å². The van der Waals surface area contributed by atoms with Crippen molar-refractivity contribution in [2.75, 3.05) is 0 Å². The first-order valence-corrected chi connectivity index (χ1v) is 7.66. The lowest BCUT2D eigenvalue weighted by Crippen LogP contribution is -2.16. The minimum atomic E-state index is -0.241. The van der Waals surface area contributed by atoms with Crippen LogP contribution in [0.5, 0.6) is 0 Å². The highest BCUT2D eigenvalue weighted by atomic mass is 32.2. The third kappa shape index (κ3) is 3.27. The third-order valence-electron chi connectivity index (χ3n) is 3.65. The van der Waals surface area contributed by atoms with E-state index in [-0.39, 0.29) is 11.9 Å². The number of hydrogen-bond donors (Lipinski definition) is 1. The molecule has 1 nitrogen and oxygen atoms in total. The lowest BCUT2D eigenvalue weighted by atomic mass is 9.91. The van der Waals surface area contributed by atoms with E-state index in [2.05, 4.69) is 6.92 Å². The molecule has 3 atom stereocenters. The SMILES string of the molecule is CC1CCCC(Sc2cccc(F)c2[C@@H](C)N)C1. The molecular formula is C15H22FNS. The van der Waals surface area contributed by atoms with Gasteiger partial charge in [-0.3, -0.25) is 0 Å². The second kappa shape index (κ2) is 6.07. The summed E-state index contributed by atoms with van der Waals surface area (Å²) in [5.41, 5.74) is 6.58. The van der Waals surface area contributed by atoms with Crippen LogP contribution in [-0.2, 0) is 0 Å². The van der Waals surface area contributed by atoms with Crippen LogP contribution in [0.1, 0.15) is 51.1 Å². The van der Waals surface area contributed by atoms with Crippen LogP contribution in [0.15, 0.2) is 23.1 Å². The molecule has 2 unspecified atom stereocenters. The molecule has 2 N–H and O–H groups in total. The normalized spacial score (nSPS) is 26.0. The van der Waals surface area contributed by atoms with Crippen molar-refractivity contribution >= 4 is 11.8 Å². The lowest BCUT2D eigenvalue weighted by molar-refractivity contribution is 0.394. The van der Waals surface area contributed by atoms with Crippen LogP contribution >= 0.6 is 11.8 Å². The van der Waals surface area contributed by atoms with Crippen LogP contribution in [0.2, 0.25) is 0 Å². The van der Waals surface area contributed by atoms with Gasteiger partial charge in [-0.05, 0) is 37.8 Å². The number of halogens is 1. The van der Waals surface area contributed by atoms with E-state index in [1.165, 1.54) is 31.7 Å². The maximum atomic E-state index is 13.8. The van der Waals surface area contributed by atoms with Crippen LogP contribution < -0.4 is 5.73 Å². The summed E-state index contributed by atoms with van der Waals surface area (Å²) >= 11 is 1.82. The number of hydrogen-bond acceptors (Lipinski definition) is 2. The van der Waals surface area contributed by atoms with Crippen molar-refractivity contribution < 1.29 is 4.39 Å². The maximum Gasteiger partial charge on any atom is 0.129 e. The smallest absolute Gasteiger partial charge is 0.129 e. The summed E-state index contributed by atoms with van der Waals surface area (Å²) in [5.74, 6) is 0.627. The zero-order valence-corrected chi connectivity index (χ0v) is 12.0. The predicted octanol–water partition coefficient (Wildman–Crippen LogP) is 4.52. The van der Waals surface area contributed by atoms with E-state index in [4.69, 9.17) is 5.73 Å². The Balaban J connectivity index is 2.15. The van der Waals surface area contributed by atoms with Crippen molar-refractivity contribution in [1.29, 1.82) is 0 Å². The summed E-state index contributed by atoms with van der Waals surface area (Å²) in [7, 11) is 0. The summed E-state index contributed by atoms with van der Waals surface area (Å²) in [6, 6.07) is 5.06. The molecule has 1 aromatic carbocycles. The molecule has 0 saturated heterocycles. The van der Waals surface area contributed by atoms with Gasteiger partial charge in [-0.2, -0.15) is 0 Å². The zero-order chi connectivity index (χ0) is 13.1. The number of rotatable bonds is 3. The molecule has 1 aromatic rings. The van der Waals surface area contributed by atoms with Crippen molar-refractivity contribution in [3.63, 3.8) is 0 Å². The van der Waals surface area contributed by atoms with Crippen molar-refractivity contribution in [2.24, 2.45) is 11.7 Å². The molecule has 0 bridgehead atoms. The third-order valence-corrected chi connectivity index (χ3v) is 5.02. The fraction of sp³-hybridized carbons (Fsp3) is 0.600. The van der Waals surface area contributed by atoms with Gasteiger partial charge in [-0.15, -0.1) is 11.8 Å². The Morgan fingerprint density at radius 3 is 2.83 bits per heavy atom. The lowest BCUT2D eigenvalue weighted by Gasteiger charge is -2.27. The molecule has 0 spiro atoms. The standard InChI is InChI=1S/C15H22FNS/c1-10-5-3-6-12(9-10)18-14-8-4-7-13(16)15(14)11(2)17/h4,7-8,10-12H,3,5-6,9,17H2,1-2H3/t10?,11-,12?/m1/s1. The van der Waals surface area contributed by atoms with Crippen LogP contribution in [0.3, 0.4) is 0 Å². The van der Waals surface area contributed by atoms with Crippen molar-refractivity contribution in [1.82, 2.24) is 0 Å². The van der Waals surface area contributed by atoms with Gasteiger partial charge in [-0.25, -0.2) is 4.39 Å². The Kier molecular flexibility index (Phi) is 4.68. The predicted molar refractivity (Wildman–Crippen MR) is 76.3 cm³/mol. The number of thioether (sulfide) groups is 1. The minimum Gasteiger partial charge on any atom is -0.324 e. The zero-order valence-electron chi connectivity index (χ0n) is 11.2. The fourth-order valence-electron chi connectivity index (χ4n) is 2.73. The summed E-state index contributed by atoms with van der Waals surface area (Å²) in [6.45, 7) is 4.16. The van der Waals surface area contributed by atoms with Gasteiger partial charge in [0.15, 0.2) is 0 Å². The second-order valence-electron chi connectivity index (χ2n) is 5.45. The van der Waals surface area contributed by atoms with Crippen molar-refractivity contribution in [3.8, 4) is 0 Å². The largest absolute Gasteiger partial charge is 0.324 e. The van der Waals surface area contributed by atoms with E-state index in [0.29, 0.717) is 10.8 Å². The molecule has 0 amide bonds. The molecule has 1 aliphatic rings. The summed E-state index contributed by atoms with van der Waals surface area (Å²) in [6.07, 6.45) is 5.10. The van der Waals surface area contributed by atoms with Gasteiger partial charge in [0.05, 0.1) is 0 Å². The Bertz CT molecular complexity index is 405. The van der Waals surface area contributed by atoms with Gasteiger partial charge in [0.1, 0.15) is 5.82 Å². The van der Waals surface area contributed by atoms with Gasteiger partial charge in [0.25, 0.3) is 0 Å². The minimum absolute atomic E-state index is 0.168. The van der Waals surface area contributed by atoms with Gasteiger partial charge < -0.3 is 5.73 Å². The quantitative estimate of drug-likeness (QED) is 0.871. The van der Waals surface area contributed by atoms with Crippen molar-refractivity contribution in [3.05, 3.63) is 29.6 Å². The first-order valence-electron chi connectivity index (χ1n) is 6.78. The summed E-state index contributed by atoms with van der Waals surface area (Å²) < 4.78 is 13.8. The summed E-state index contributed by atoms with van der Waals surface area (Å²) in [4.78, 5) is 1.03. The Hall–Kier alpha value is -0.540. The molecule has 100 valence electrons. The fourth-order valence-corrected chi connectivity index (χ4v) is 4.36. The molecule has 1 aliphatic carbocycles. The molecule has 1 saturated carbocycles. The molecule has 0 aromatic heterocycles. The maximum absolute atomic E-state index is 13.8. The van der Waals surface area contributed by atoms with E-state index < -0.39 is 0 Å². The molecule has 2 rings (SSSR count). The Labute approximate surface area is 113 Å². The highest BCUT2D eigenvalue weighted by Crippen LogP contribution is 2.39. The van der Waals surface area contributed by atoms with Crippen LogP contribution in [0.25, 0.3) is 0 Å². The van der Waals surface area contributed by atoms with Gasteiger partial charge in [-0.1, -0.05) is 25.8 Å². The Morgan fingerprint density at radius 2 is 2.17 bits per heavy atom. The van der Waals surface area contributed by atoms with E-state index in [1.807, 2.05) is 24.8 Å². The average Bonchev–Trinajstić information content (AvgIpc) is 2.28. The highest BCUT2D eigenvalue weighted by molar-refractivity contribution is 8.00. The van der Waals surface area contributed by atoms with E-state index in [1.54, 1.807) is 6.07 Å². The number of benzene rings is 1. The van der Waals surface area contributed by atoms with E-state index in [0.717, 1.165) is 10.8 Å². The molecule has 0 aliphatic heterocycles. The molecule has 1 fully saturated rings. The van der Waals surface area contributed by atoms with Gasteiger partial charge in [0, 0.05) is 21.8 Å². The monoisotopic (exact) mass is 267 g/mol. The molecular weight excluding hydrogens is 245 g/mol. The van der Waals surface area contributed by atoms with Crippen LogP contribution in [0.4, 0.5) is 4.39 Å². The van der Waals surface area contributed by atoms with Gasteiger partial charge in [0.2, 0.25) is 0 Å². The first-order chi connectivity index (χ1) is 8.58. The Morgan fingerprint density at radius 1 is 1.39 bits per heavy atom. The topological polar surface area (TPSA) is 26.0 Å². The van der Waals surface area contributed by atoms with Crippen molar-refractivity contribution in [2.45, 2.75) is 55.7 Å². The summed E-state index contributed by atoms with van der Waals surface area (Å²) in [5, 5.41) is 0.619. The highest BCUT2D eigenvalue weighted by Gasteiger charge is 2.22. The van der Waals surface area contributed by atoms with E-state index in [9.17, 15) is 4.39 Å². The molecule has 0 heterocycles.